The molecule has 0 radical (unpaired) electrons. The van der Waals surface area contributed by atoms with Gasteiger partial charge in [-0.05, 0) is 29.3 Å². The summed E-state index contributed by atoms with van der Waals surface area (Å²) in [6.07, 6.45) is 3.75. The zero-order valence-electron chi connectivity index (χ0n) is 12.5. The van der Waals surface area contributed by atoms with Gasteiger partial charge >= 0.3 is 0 Å². The highest BCUT2D eigenvalue weighted by molar-refractivity contribution is 7.91. The van der Waals surface area contributed by atoms with Gasteiger partial charge in [0.15, 0.2) is 0 Å². The van der Waals surface area contributed by atoms with Gasteiger partial charge in [0.25, 0.3) is 0 Å². The molecule has 0 atom stereocenters. The van der Waals surface area contributed by atoms with E-state index in [1.807, 2.05) is 54.6 Å². The molecule has 0 amide bonds. The number of sulfone groups is 1. The van der Waals surface area contributed by atoms with Crippen LogP contribution in [0.5, 0.6) is 0 Å². The number of hydrogen-bond acceptors (Lipinski definition) is 2. The third kappa shape index (κ3) is 3.41. The van der Waals surface area contributed by atoms with E-state index in [2.05, 4.69) is 0 Å². The van der Waals surface area contributed by atoms with Crippen LogP contribution in [0.25, 0.3) is 12.2 Å². The molecule has 3 rings (SSSR count). The molecule has 0 saturated carbocycles. The van der Waals surface area contributed by atoms with E-state index in [9.17, 15) is 8.42 Å². The van der Waals surface area contributed by atoms with Crippen LogP contribution >= 0.6 is 0 Å². The highest BCUT2D eigenvalue weighted by Gasteiger charge is 2.19. The highest BCUT2D eigenvalue weighted by atomic mass is 32.2. The van der Waals surface area contributed by atoms with Crippen molar-refractivity contribution < 1.29 is 8.42 Å². The lowest BCUT2D eigenvalue weighted by Gasteiger charge is -2.08. The first-order chi connectivity index (χ1) is 11.2. The van der Waals surface area contributed by atoms with Crippen LogP contribution in [0, 0.1) is 0 Å². The van der Waals surface area contributed by atoms with E-state index in [0.717, 1.165) is 5.56 Å². The molecule has 0 unspecified atom stereocenters. The van der Waals surface area contributed by atoms with Gasteiger partial charge in [0.1, 0.15) is 0 Å². The molecule has 114 valence electrons. The minimum absolute atomic E-state index is 0.306. The summed E-state index contributed by atoms with van der Waals surface area (Å²) in [5.41, 5.74) is 1.71. The third-order valence-electron chi connectivity index (χ3n) is 3.52. The molecular weight excluding hydrogens is 304 g/mol. The molecule has 0 aliphatic carbocycles. The summed E-state index contributed by atoms with van der Waals surface area (Å²) >= 11 is 0. The Morgan fingerprint density at radius 2 is 1.17 bits per heavy atom. The van der Waals surface area contributed by atoms with Gasteiger partial charge in [-0.1, -0.05) is 78.9 Å². The molecule has 3 aromatic carbocycles. The van der Waals surface area contributed by atoms with Gasteiger partial charge < -0.3 is 0 Å². The van der Waals surface area contributed by atoms with Crippen molar-refractivity contribution in [2.45, 2.75) is 9.79 Å². The lowest BCUT2D eigenvalue weighted by atomic mass is 10.1. The molecule has 0 saturated heterocycles. The van der Waals surface area contributed by atoms with Crippen LogP contribution in [0.3, 0.4) is 0 Å². The summed E-state index contributed by atoms with van der Waals surface area (Å²) in [6.45, 7) is 0. The number of hydrogen-bond donors (Lipinski definition) is 0. The quantitative estimate of drug-likeness (QED) is 0.654. The molecule has 0 bridgehead atoms. The Labute approximate surface area is 136 Å². The second-order valence-electron chi connectivity index (χ2n) is 5.10. The topological polar surface area (TPSA) is 34.1 Å². The van der Waals surface area contributed by atoms with Crippen molar-refractivity contribution in [2.75, 3.05) is 0 Å². The van der Waals surface area contributed by atoms with Crippen LogP contribution in [0.2, 0.25) is 0 Å². The zero-order valence-corrected chi connectivity index (χ0v) is 13.3. The van der Waals surface area contributed by atoms with Crippen LogP contribution in [-0.2, 0) is 9.84 Å². The van der Waals surface area contributed by atoms with E-state index in [-0.39, 0.29) is 0 Å². The Morgan fingerprint density at radius 1 is 0.609 bits per heavy atom. The van der Waals surface area contributed by atoms with Gasteiger partial charge in [0, 0.05) is 0 Å². The molecule has 0 fully saturated rings. The predicted octanol–water partition coefficient (Wildman–Crippen LogP) is 4.69. The molecule has 0 heterocycles. The van der Waals surface area contributed by atoms with Gasteiger partial charge in [-0.3, -0.25) is 0 Å². The van der Waals surface area contributed by atoms with Crippen LogP contribution in [0.1, 0.15) is 11.1 Å². The minimum atomic E-state index is -3.53. The summed E-state index contributed by atoms with van der Waals surface area (Å²) in [6, 6.07) is 25.4. The molecule has 0 aromatic heterocycles. The van der Waals surface area contributed by atoms with Gasteiger partial charge in [-0.25, -0.2) is 8.42 Å². The van der Waals surface area contributed by atoms with E-state index in [0.29, 0.717) is 15.4 Å². The lowest BCUT2D eigenvalue weighted by Crippen LogP contribution is -2.03. The largest absolute Gasteiger partial charge is 0.218 e. The Hall–Kier alpha value is -2.65. The average Bonchev–Trinajstić information content (AvgIpc) is 2.62. The van der Waals surface area contributed by atoms with Crippen molar-refractivity contribution in [3.8, 4) is 0 Å². The molecule has 0 aliphatic heterocycles. The van der Waals surface area contributed by atoms with Crippen LogP contribution in [0.15, 0.2) is 94.7 Å². The SMILES string of the molecule is O=S(=O)(c1ccccc1)c1ccccc1C=Cc1ccccc1. The third-order valence-corrected chi connectivity index (χ3v) is 5.36. The van der Waals surface area contributed by atoms with Crippen molar-refractivity contribution in [1.29, 1.82) is 0 Å². The summed E-state index contributed by atoms with van der Waals surface area (Å²) in [7, 11) is -3.53. The lowest BCUT2D eigenvalue weighted by molar-refractivity contribution is 0.596. The fraction of sp³-hybridized carbons (Fsp3) is 0. The van der Waals surface area contributed by atoms with E-state index in [4.69, 9.17) is 0 Å². The normalized spacial score (nSPS) is 11.7. The molecular formula is C20H16O2S. The van der Waals surface area contributed by atoms with Crippen LogP contribution < -0.4 is 0 Å². The van der Waals surface area contributed by atoms with E-state index < -0.39 is 9.84 Å². The molecule has 3 heteroatoms. The molecule has 23 heavy (non-hydrogen) atoms. The zero-order chi connectivity index (χ0) is 16.1. The maximum atomic E-state index is 12.8. The Kier molecular flexibility index (Phi) is 4.40. The van der Waals surface area contributed by atoms with Crippen molar-refractivity contribution in [1.82, 2.24) is 0 Å². The first-order valence-electron chi connectivity index (χ1n) is 7.30. The van der Waals surface area contributed by atoms with Crippen LogP contribution in [0.4, 0.5) is 0 Å². The molecule has 2 nitrogen and oxygen atoms in total. The number of benzene rings is 3. The summed E-state index contributed by atoms with van der Waals surface area (Å²) in [5.74, 6) is 0. The minimum Gasteiger partial charge on any atom is -0.218 e. The van der Waals surface area contributed by atoms with Crippen molar-refractivity contribution in [3.05, 3.63) is 96.1 Å². The van der Waals surface area contributed by atoms with Gasteiger partial charge in [0.05, 0.1) is 9.79 Å². The average molecular weight is 320 g/mol. The highest BCUT2D eigenvalue weighted by Crippen LogP contribution is 2.25. The summed E-state index contributed by atoms with van der Waals surface area (Å²) < 4.78 is 25.7. The summed E-state index contributed by atoms with van der Waals surface area (Å²) in [5, 5.41) is 0. The Morgan fingerprint density at radius 3 is 1.87 bits per heavy atom. The first kappa shape index (κ1) is 15.3. The standard InChI is InChI=1S/C20H16O2S/c21-23(22,19-12-5-2-6-13-19)20-14-8-7-11-18(20)16-15-17-9-3-1-4-10-17/h1-16H. The van der Waals surface area contributed by atoms with Crippen LogP contribution in [-0.4, -0.2) is 8.42 Å². The van der Waals surface area contributed by atoms with E-state index in [1.165, 1.54) is 0 Å². The van der Waals surface area contributed by atoms with E-state index >= 15 is 0 Å². The van der Waals surface area contributed by atoms with E-state index in [1.54, 1.807) is 42.5 Å². The van der Waals surface area contributed by atoms with Crippen molar-refractivity contribution >= 4 is 22.0 Å². The van der Waals surface area contributed by atoms with Gasteiger partial charge in [-0.2, -0.15) is 0 Å². The monoisotopic (exact) mass is 320 g/mol. The predicted molar refractivity (Wildman–Crippen MR) is 93.7 cm³/mol. The van der Waals surface area contributed by atoms with Gasteiger partial charge in [-0.15, -0.1) is 0 Å². The van der Waals surface area contributed by atoms with Crippen molar-refractivity contribution in [3.63, 3.8) is 0 Å². The fourth-order valence-electron chi connectivity index (χ4n) is 2.34. The first-order valence-corrected chi connectivity index (χ1v) is 8.78. The smallest absolute Gasteiger partial charge is 0.207 e. The Balaban J connectivity index is 2.04. The fourth-order valence-corrected chi connectivity index (χ4v) is 3.81. The maximum Gasteiger partial charge on any atom is 0.207 e. The summed E-state index contributed by atoms with van der Waals surface area (Å²) in [4.78, 5) is 0.624. The van der Waals surface area contributed by atoms with Gasteiger partial charge in [0.2, 0.25) is 9.84 Å². The molecule has 3 aromatic rings. The van der Waals surface area contributed by atoms with Crippen molar-refractivity contribution in [2.24, 2.45) is 0 Å². The maximum absolute atomic E-state index is 12.8. The molecule has 0 spiro atoms. The Bertz CT molecular complexity index is 912. The number of rotatable bonds is 4. The second kappa shape index (κ2) is 6.63. The molecule has 0 N–H and O–H groups in total. The second-order valence-corrected chi connectivity index (χ2v) is 7.02. The molecule has 0 aliphatic rings.